The first kappa shape index (κ1) is 16.2. The Balaban J connectivity index is 0.00000162. The van der Waals surface area contributed by atoms with Crippen LogP contribution < -0.4 is 15.2 Å². The summed E-state index contributed by atoms with van der Waals surface area (Å²) in [5.74, 6) is 0. The molecule has 0 fully saturated rings. The van der Waals surface area contributed by atoms with Gasteiger partial charge >= 0.3 is 29.6 Å². The Kier molecular flexibility index (Phi) is 4.72. The van der Waals surface area contributed by atoms with Crippen molar-refractivity contribution in [3.05, 3.63) is 17.2 Å². The first-order chi connectivity index (χ1) is 7.72. The third-order valence-electron chi connectivity index (χ3n) is 2.17. The minimum atomic E-state index is -4.07. The number of benzene rings is 1. The van der Waals surface area contributed by atoms with Crippen molar-refractivity contribution >= 4 is 66.9 Å². The Morgan fingerprint density at radius 3 is 2.50 bits per heavy atom. The Labute approximate surface area is 131 Å². The molecule has 0 saturated carbocycles. The fraction of sp³-hybridized carbons (Fsp3) is 0.143. The van der Waals surface area contributed by atoms with Gasteiger partial charge in [-0.1, -0.05) is 11.6 Å². The van der Waals surface area contributed by atoms with Gasteiger partial charge in [-0.2, -0.15) is 4.72 Å². The Hall–Kier alpha value is 0.130. The van der Waals surface area contributed by atoms with E-state index >= 15 is 0 Å². The van der Waals surface area contributed by atoms with E-state index in [1.807, 2.05) is 0 Å². The van der Waals surface area contributed by atoms with Gasteiger partial charge in [0.05, 0.1) is 17.4 Å². The van der Waals surface area contributed by atoms with Crippen LogP contribution in [-0.4, -0.2) is 53.1 Å². The second-order valence-corrected chi connectivity index (χ2v) is 7.00. The van der Waals surface area contributed by atoms with E-state index in [9.17, 15) is 16.8 Å². The van der Waals surface area contributed by atoms with E-state index in [0.29, 0.717) is 0 Å². The molecule has 4 N–H and O–H groups in total. The van der Waals surface area contributed by atoms with Crippen LogP contribution in [0.25, 0.3) is 0 Å². The molecule has 0 amide bonds. The zero-order valence-corrected chi connectivity index (χ0v) is 10.7. The molecule has 0 aliphatic carbocycles. The summed E-state index contributed by atoms with van der Waals surface area (Å²) in [5.41, 5.74) is 0.237. The van der Waals surface area contributed by atoms with Crippen LogP contribution in [0, 0.1) is 0 Å². The molecule has 1 heterocycles. The molecule has 96 valence electrons. The number of anilines is 1. The van der Waals surface area contributed by atoms with Gasteiger partial charge in [-0.25, -0.2) is 22.0 Å². The minimum absolute atomic E-state index is 0. The first-order valence-electron chi connectivity index (χ1n) is 4.32. The van der Waals surface area contributed by atoms with Gasteiger partial charge in [-0.05, 0) is 12.1 Å². The standard InChI is InChI=1S/C7H8ClN3O4S2.Na.H/c8-4-1-5-7(2-6(4)16(9,12)13)17(14,15)11-3-10-5;;/h1-2,10-11H,3H2,(H2,9,12,13);;. The monoisotopic (exact) mass is 321 g/mol. The van der Waals surface area contributed by atoms with Crippen molar-refractivity contribution in [3.8, 4) is 0 Å². The molecule has 11 heteroatoms. The van der Waals surface area contributed by atoms with Crippen molar-refractivity contribution in [1.82, 2.24) is 4.72 Å². The SMILES string of the molecule is NS(=O)(=O)c1cc2c(cc1Cl)NCNS2(=O)=O.[NaH]. The van der Waals surface area contributed by atoms with Gasteiger partial charge < -0.3 is 5.32 Å². The van der Waals surface area contributed by atoms with E-state index in [-0.39, 0.29) is 51.8 Å². The molecular weight excluding hydrogens is 313 g/mol. The van der Waals surface area contributed by atoms with Crippen LogP contribution in [0.5, 0.6) is 0 Å². The molecule has 0 atom stereocenters. The van der Waals surface area contributed by atoms with E-state index in [2.05, 4.69) is 10.0 Å². The van der Waals surface area contributed by atoms with Crippen LogP contribution in [0.3, 0.4) is 0 Å². The number of nitrogens with two attached hydrogens (primary N) is 1. The summed E-state index contributed by atoms with van der Waals surface area (Å²) in [7, 11) is -7.80. The van der Waals surface area contributed by atoms with Crippen LogP contribution in [0.1, 0.15) is 0 Å². The fourth-order valence-electron chi connectivity index (χ4n) is 1.42. The summed E-state index contributed by atoms with van der Waals surface area (Å²) >= 11 is 5.72. The molecule has 18 heavy (non-hydrogen) atoms. The van der Waals surface area contributed by atoms with Crippen LogP contribution >= 0.6 is 11.6 Å². The average Bonchev–Trinajstić information content (AvgIpc) is 2.13. The third-order valence-corrected chi connectivity index (χ3v) is 4.99. The van der Waals surface area contributed by atoms with Gasteiger partial charge in [0.15, 0.2) is 0 Å². The Bertz CT molecular complexity index is 689. The van der Waals surface area contributed by atoms with E-state index in [1.165, 1.54) is 6.07 Å². The maximum absolute atomic E-state index is 11.6. The zero-order chi connectivity index (χ0) is 12.8. The van der Waals surface area contributed by atoms with Crippen molar-refractivity contribution in [2.24, 2.45) is 5.14 Å². The van der Waals surface area contributed by atoms with Gasteiger partial charge in [0.1, 0.15) is 9.79 Å². The number of halogens is 1. The van der Waals surface area contributed by atoms with Gasteiger partial charge in [0, 0.05) is 0 Å². The predicted molar refractivity (Wildman–Crippen MR) is 68.8 cm³/mol. The molecule has 1 aliphatic heterocycles. The number of rotatable bonds is 1. The number of sulfonamides is 2. The van der Waals surface area contributed by atoms with Crippen molar-refractivity contribution in [2.45, 2.75) is 9.79 Å². The summed E-state index contributed by atoms with van der Waals surface area (Å²) in [5, 5.41) is 7.53. The van der Waals surface area contributed by atoms with Crippen LogP contribution in [-0.2, 0) is 20.0 Å². The van der Waals surface area contributed by atoms with Crippen molar-refractivity contribution in [3.63, 3.8) is 0 Å². The second kappa shape index (κ2) is 5.25. The van der Waals surface area contributed by atoms with E-state index < -0.39 is 24.9 Å². The number of hydrogen-bond acceptors (Lipinski definition) is 5. The molecule has 0 unspecified atom stereocenters. The molecule has 7 nitrogen and oxygen atoms in total. The van der Waals surface area contributed by atoms with Gasteiger partial charge in [0.25, 0.3) is 0 Å². The molecule has 0 bridgehead atoms. The average molecular weight is 322 g/mol. The molecule has 0 saturated heterocycles. The molecule has 2 rings (SSSR count). The van der Waals surface area contributed by atoms with Crippen molar-refractivity contribution < 1.29 is 16.8 Å². The predicted octanol–water partition coefficient (Wildman–Crippen LogP) is -1.000. The first-order valence-corrected chi connectivity index (χ1v) is 7.72. The molecule has 1 aromatic carbocycles. The van der Waals surface area contributed by atoms with Crippen LogP contribution in [0.2, 0.25) is 5.02 Å². The van der Waals surface area contributed by atoms with Gasteiger partial charge in [-0.15, -0.1) is 0 Å². The zero-order valence-electron chi connectivity index (χ0n) is 8.27. The fourth-order valence-corrected chi connectivity index (χ4v) is 3.70. The van der Waals surface area contributed by atoms with Crippen LogP contribution in [0.4, 0.5) is 5.69 Å². The molecule has 0 spiro atoms. The number of primary sulfonamides is 1. The molecule has 1 aliphatic rings. The summed E-state index contributed by atoms with van der Waals surface area (Å²) in [6.45, 7) is 0.0143. The third kappa shape index (κ3) is 2.99. The van der Waals surface area contributed by atoms with E-state index in [0.717, 1.165) is 6.07 Å². The summed E-state index contributed by atoms with van der Waals surface area (Å²) in [4.78, 5) is -0.621. The van der Waals surface area contributed by atoms with Gasteiger partial charge in [0.2, 0.25) is 20.0 Å². The molecule has 0 aromatic heterocycles. The quantitative estimate of drug-likeness (QED) is 0.573. The van der Waals surface area contributed by atoms with E-state index in [1.54, 1.807) is 0 Å². The summed E-state index contributed by atoms with van der Waals surface area (Å²) in [6.07, 6.45) is 0. The van der Waals surface area contributed by atoms with E-state index in [4.69, 9.17) is 16.7 Å². The second-order valence-electron chi connectivity index (χ2n) is 3.33. The molecular formula is C7H9ClN3NaO4S2. The number of fused-ring (bicyclic) bond motifs is 1. The molecule has 1 aromatic rings. The Morgan fingerprint density at radius 1 is 1.33 bits per heavy atom. The summed E-state index contributed by atoms with van der Waals surface area (Å²) in [6, 6.07) is 2.15. The summed E-state index contributed by atoms with van der Waals surface area (Å²) < 4.78 is 47.9. The topological polar surface area (TPSA) is 118 Å². The Morgan fingerprint density at radius 2 is 1.94 bits per heavy atom. The number of nitrogens with one attached hydrogen (secondary N) is 2. The normalized spacial score (nSPS) is 17.2. The van der Waals surface area contributed by atoms with Crippen LogP contribution in [0.15, 0.2) is 21.9 Å². The van der Waals surface area contributed by atoms with Gasteiger partial charge in [-0.3, -0.25) is 0 Å². The van der Waals surface area contributed by atoms with Crippen molar-refractivity contribution in [2.75, 3.05) is 12.0 Å². The maximum atomic E-state index is 11.6. The molecule has 0 radical (unpaired) electrons. The number of hydrogen-bond donors (Lipinski definition) is 3. The van der Waals surface area contributed by atoms with Crippen molar-refractivity contribution in [1.29, 1.82) is 0 Å².